The Morgan fingerprint density at radius 1 is 1.04 bits per heavy atom. The number of hydrazine groups is 1. The summed E-state index contributed by atoms with van der Waals surface area (Å²) in [5.41, 5.74) is 5.63. The minimum absolute atomic E-state index is 0.166. The Morgan fingerprint density at radius 2 is 1.73 bits per heavy atom. The standard InChI is InChI=1S/C19H21FN2O4/c1-14(26-17-9-7-16(20)8-10-17)19(24)22-21-18(23)13-25-12-11-15-5-3-2-4-6-15/h2-10,14H,11-13H2,1H3,(H,21,23)(H,22,24). The van der Waals surface area contributed by atoms with Crippen LogP contribution in [0, 0.1) is 5.82 Å². The first-order valence-electron chi connectivity index (χ1n) is 8.17. The topological polar surface area (TPSA) is 76.7 Å². The molecule has 0 spiro atoms. The van der Waals surface area contributed by atoms with Crippen molar-refractivity contribution in [3.05, 3.63) is 66.0 Å². The quantitative estimate of drug-likeness (QED) is 0.558. The lowest BCUT2D eigenvalue weighted by atomic mass is 10.2. The third kappa shape index (κ3) is 6.90. The van der Waals surface area contributed by atoms with Gasteiger partial charge in [0.05, 0.1) is 6.61 Å². The number of amides is 2. The van der Waals surface area contributed by atoms with Gasteiger partial charge in [0.1, 0.15) is 18.2 Å². The molecular formula is C19H21FN2O4. The molecule has 2 N–H and O–H groups in total. The van der Waals surface area contributed by atoms with Crippen LogP contribution in [0.4, 0.5) is 4.39 Å². The number of hydrogen-bond acceptors (Lipinski definition) is 4. The van der Waals surface area contributed by atoms with E-state index in [-0.39, 0.29) is 6.61 Å². The van der Waals surface area contributed by atoms with E-state index in [1.165, 1.54) is 31.2 Å². The first kappa shape index (κ1) is 19.4. The van der Waals surface area contributed by atoms with E-state index in [9.17, 15) is 14.0 Å². The van der Waals surface area contributed by atoms with Crippen molar-refractivity contribution < 1.29 is 23.5 Å². The fourth-order valence-corrected chi connectivity index (χ4v) is 2.04. The number of halogens is 1. The largest absolute Gasteiger partial charge is 0.481 e. The van der Waals surface area contributed by atoms with Crippen molar-refractivity contribution in [1.29, 1.82) is 0 Å². The molecule has 0 aromatic heterocycles. The molecule has 138 valence electrons. The highest BCUT2D eigenvalue weighted by atomic mass is 19.1. The molecule has 0 saturated carbocycles. The predicted molar refractivity (Wildman–Crippen MR) is 93.7 cm³/mol. The third-order valence-electron chi connectivity index (χ3n) is 3.43. The molecule has 0 fully saturated rings. The lowest BCUT2D eigenvalue weighted by Gasteiger charge is -2.15. The molecule has 2 aromatic carbocycles. The normalized spacial score (nSPS) is 11.5. The molecule has 2 amide bonds. The smallest absolute Gasteiger partial charge is 0.279 e. The van der Waals surface area contributed by atoms with Crippen LogP contribution in [-0.2, 0) is 20.7 Å². The zero-order valence-electron chi connectivity index (χ0n) is 14.4. The molecule has 7 heteroatoms. The summed E-state index contributed by atoms with van der Waals surface area (Å²) in [5, 5.41) is 0. The monoisotopic (exact) mass is 360 g/mol. The van der Waals surface area contributed by atoms with Gasteiger partial charge in [-0.05, 0) is 43.2 Å². The minimum atomic E-state index is -0.861. The van der Waals surface area contributed by atoms with Crippen molar-refractivity contribution in [2.24, 2.45) is 0 Å². The first-order valence-corrected chi connectivity index (χ1v) is 8.17. The molecule has 6 nitrogen and oxygen atoms in total. The van der Waals surface area contributed by atoms with Gasteiger partial charge in [-0.2, -0.15) is 0 Å². The number of nitrogens with one attached hydrogen (secondary N) is 2. The summed E-state index contributed by atoms with van der Waals surface area (Å²) < 4.78 is 23.4. The van der Waals surface area contributed by atoms with E-state index < -0.39 is 23.7 Å². The van der Waals surface area contributed by atoms with Gasteiger partial charge in [-0.25, -0.2) is 4.39 Å². The highest BCUT2D eigenvalue weighted by Crippen LogP contribution is 2.12. The SMILES string of the molecule is CC(Oc1ccc(F)cc1)C(=O)NNC(=O)COCCc1ccccc1. The second-order valence-electron chi connectivity index (χ2n) is 5.54. The number of ether oxygens (including phenoxy) is 2. The lowest BCUT2D eigenvalue weighted by molar-refractivity contribution is -0.134. The third-order valence-corrected chi connectivity index (χ3v) is 3.43. The summed E-state index contributed by atoms with van der Waals surface area (Å²) in [7, 11) is 0. The van der Waals surface area contributed by atoms with Crippen LogP contribution in [0.5, 0.6) is 5.75 Å². The summed E-state index contributed by atoms with van der Waals surface area (Å²) in [6, 6.07) is 15.1. The van der Waals surface area contributed by atoms with Crippen molar-refractivity contribution in [3.8, 4) is 5.75 Å². The summed E-state index contributed by atoms with van der Waals surface area (Å²) >= 11 is 0. The van der Waals surface area contributed by atoms with E-state index in [0.717, 1.165) is 5.56 Å². The average Bonchev–Trinajstić information content (AvgIpc) is 2.66. The van der Waals surface area contributed by atoms with Crippen molar-refractivity contribution in [2.75, 3.05) is 13.2 Å². The Bertz CT molecular complexity index is 707. The van der Waals surface area contributed by atoms with Crippen LogP contribution in [0.25, 0.3) is 0 Å². The Kier molecular flexibility index (Phi) is 7.57. The van der Waals surface area contributed by atoms with Crippen molar-refractivity contribution in [3.63, 3.8) is 0 Å². The van der Waals surface area contributed by atoms with Gasteiger partial charge < -0.3 is 9.47 Å². The zero-order chi connectivity index (χ0) is 18.8. The second-order valence-corrected chi connectivity index (χ2v) is 5.54. The number of carbonyl (C=O) groups excluding carboxylic acids is 2. The second kappa shape index (κ2) is 10.1. The van der Waals surface area contributed by atoms with E-state index in [1.807, 2.05) is 30.3 Å². The number of benzene rings is 2. The number of carbonyl (C=O) groups is 2. The Labute approximate surface area is 151 Å². The van der Waals surface area contributed by atoms with Crippen LogP contribution < -0.4 is 15.6 Å². The molecule has 26 heavy (non-hydrogen) atoms. The maximum atomic E-state index is 12.8. The Morgan fingerprint density at radius 3 is 2.42 bits per heavy atom. The van der Waals surface area contributed by atoms with Crippen LogP contribution in [0.1, 0.15) is 12.5 Å². The molecule has 0 radical (unpaired) electrons. The Balaban J connectivity index is 1.61. The predicted octanol–water partition coefficient (Wildman–Crippen LogP) is 2.00. The minimum Gasteiger partial charge on any atom is -0.481 e. The van der Waals surface area contributed by atoms with E-state index in [2.05, 4.69) is 10.9 Å². The van der Waals surface area contributed by atoms with Crippen LogP contribution in [-0.4, -0.2) is 31.1 Å². The van der Waals surface area contributed by atoms with Gasteiger partial charge in [0.15, 0.2) is 6.10 Å². The fraction of sp³-hybridized carbons (Fsp3) is 0.263. The van der Waals surface area contributed by atoms with E-state index in [1.54, 1.807) is 0 Å². The maximum absolute atomic E-state index is 12.8. The molecule has 1 atom stereocenters. The highest BCUT2D eigenvalue weighted by molar-refractivity contribution is 5.85. The number of rotatable bonds is 8. The van der Waals surface area contributed by atoms with Gasteiger partial charge in [0.2, 0.25) is 0 Å². The van der Waals surface area contributed by atoms with E-state index in [4.69, 9.17) is 9.47 Å². The highest BCUT2D eigenvalue weighted by Gasteiger charge is 2.15. The van der Waals surface area contributed by atoms with Gasteiger partial charge >= 0.3 is 0 Å². The molecule has 0 bridgehead atoms. The summed E-state index contributed by atoms with van der Waals surface area (Å²) in [5.74, 6) is -1.05. The van der Waals surface area contributed by atoms with Crippen LogP contribution >= 0.6 is 0 Å². The van der Waals surface area contributed by atoms with Gasteiger partial charge in [-0.3, -0.25) is 20.4 Å². The molecule has 0 aliphatic heterocycles. The molecule has 0 aliphatic carbocycles. The molecule has 0 aliphatic rings. The average molecular weight is 360 g/mol. The number of hydrogen-bond donors (Lipinski definition) is 2. The molecule has 2 rings (SSSR count). The zero-order valence-corrected chi connectivity index (χ0v) is 14.4. The molecule has 0 saturated heterocycles. The summed E-state index contributed by atoms with van der Waals surface area (Å²) in [6.07, 6.45) is -0.164. The molecule has 0 heterocycles. The fourth-order valence-electron chi connectivity index (χ4n) is 2.04. The molecular weight excluding hydrogens is 339 g/mol. The van der Waals surface area contributed by atoms with E-state index >= 15 is 0 Å². The summed E-state index contributed by atoms with van der Waals surface area (Å²) in [6.45, 7) is 1.75. The van der Waals surface area contributed by atoms with Crippen LogP contribution in [0.15, 0.2) is 54.6 Å². The van der Waals surface area contributed by atoms with Gasteiger partial charge in [-0.15, -0.1) is 0 Å². The lowest BCUT2D eigenvalue weighted by Crippen LogP contribution is -2.48. The molecule has 2 aromatic rings. The van der Waals surface area contributed by atoms with Gasteiger partial charge in [0, 0.05) is 0 Å². The van der Waals surface area contributed by atoms with Crippen molar-refractivity contribution in [1.82, 2.24) is 10.9 Å². The van der Waals surface area contributed by atoms with Crippen molar-refractivity contribution in [2.45, 2.75) is 19.4 Å². The van der Waals surface area contributed by atoms with E-state index in [0.29, 0.717) is 18.8 Å². The van der Waals surface area contributed by atoms with Gasteiger partial charge in [0.25, 0.3) is 11.8 Å². The van der Waals surface area contributed by atoms with Crippen molar-refractivity contribution >= 4 is 11.8 Å². The maximum Gasteiger partial charge on any atom is 0.279 e. The molecule has 1 unspecified atom stereocenters. The van der Waals surface area contributed by atoms with Crippen LogP contribution in [0.3, 0.4) is 0 Å². The summed E-state index contributed by atoms with van der Waals surface area (Å²) in [4.78, 5) is 23.5. The van der Waals surface area contributed by atoms with Crippen LogP contribution in [0.2, 0.25) is 0 Å². The van der Waals surface area contributed by atoms with Gasteiger partial charge in [-0.1, -0.05) is 30.3 Å². The Hall–Kier alpha value is -2.93. The first-order chi connectivity index (χ1) is 12.5.